The number of nitrogens with zero attached hydrogens (tertiary/aromatic N) is 4. The van der Waals surface area contributed by atoms with Crippen molar-refractivity contribution in [1.82, 2.24) is 9.66 Å². The first kappa shape index (κ1) is 17.9. The monoisotopic (exact) mass is 380 g/mol. The van der Waals surface area contributed by atoms with E-state index in [2.05, 4.69) is 46.2 Å². The van der Waals surface area contributed by atoms with E-state index in [4.69, 9.17) is 0 Å². The lowest BCUT2D eigenvalue weighted by atomic mass is 10.2. The van der Waals surface area contributed by atoms with Gasteiger partial charge >= 0.3 is 0 Å². The van der Waals surface area contributed by atoms with Gasteiger partial charge in [0.2, 0.25) is 0 Å². The number of anilines is 1. The number of benzene rings is 1. The molecule has 140 valence electrons. The van der Waals surface area contributed by atoms with Gasteiger partial charge in [0.25, 0.3) is 5.56 Å². The van der Waals surface area contributed by atoms with Gasteiger partial charge in [0.1, 0.15) is 11.2 Å². The number of hydrogen-bond acceptors (Lipinski definition) is 5. The molecule has 0 radical (unpaired) electrons. The summed E-state index contributed by atoms with van der Waals surface area (Å²) in [4.78, 5) is 21.4. The van der Waals surface area contributed by atoms with Gasteiger partial charge in [0.15, 0.2) is 0 Å². The van der Waals surface area contributed by atoms with Crippen molar-refractivity contribution in [1.29, 1.82) is 0 Å². The zero-order valence-electron chi connectivity index (χ0n) is 15.6. The standard InChI is InChI=1S/C21H24N4OS/c1-2-18-13-19-20(27-18)22-15-25(21(19)26)23-14-16-7-9-17(10-8-16)24-11-5-3-4-6-12-24/h7-10,13-15H,2-6,11-12H2,1H3/b23-14-. The van der Waals surface area contributed by atoms with Crippen LogP contribution in [0.2, 0.25) is 0 Å². The van der Waals surface area contributed by atoms with Gasteiger partial charge in [0.05, 0.1) is 11.6 Å². The molecule has 0 unspecified atom stereocenters. The summed E-state index contributed by atoms with van der Waals surface area (Å²) in [5.41, 5.74) is 2.12. The molecule has 1 saturated heterocycles. The minimum absolute atomic E-state index is 0.117. The van der Waals surface area contributed by atoms with Crippen molar-refractivity contribution in [2.75, 3.05) is 18.0 Å². The van der Waals surface area contributed by atoms with E-state index in [1.165, 1.54) is 47.3 Å². The second-order valence-corrected chi connectivity index (χ2v) is 8.03. The Balaban J connectivity index is 1.53. The van der Waals surface area contributed by atoms with Crippen molar-refractivity contribution < 1.29 is 0 Å². The van der Waals surface area contributed by atoms with Crippen LogP contribution in [-0.4, -0.2) is 29.0 Å². The molecule has 0 N–H and O–H groups in total. The molecule has 2 aromatic heterocycles. The fourth-order valence-electron chi connectivity index (χ4n) is 3.45. The molecule has 0 atom stereocenters. The first-order valence-electron chi connectivity index (χ1n) is 9.64. The number of fused-ring (bicyclic) bond motifs is 1. The van der Waals surface area contributed by atoms with E-state index in [1.54, 1.807) is 17.6 Å². The van der Waals surface area contributed by atoms with Crippen molar-refractivity contribution in [2.24, 2.45) is 5.10 Å². The molecule has 0 bridgehead atoms. The molecule has 0 aliphatic carbocycles. The van der Waals surface area contributed by atoms with Crippen LogP contribution in [0.3, 0.4) is 0 Å². The summed E-state index contributed by atoms with van der Waals surface area (Å²) >= 11 is 1.57. The molecule has 4 rings (SSSR count). The largest absolute Gasteiger partial charge is 0.372 e. The number of aromatic nitrogens is 2. The molecule has 0 saturated carbocycles. The van der Waals surface area contributed by atoms with Crippen molar-refractivity contribution in [3.63, 3.8) is 0 Å². The van der Waals surface area contributed by atoms with Gasteiger partial charge in [0, 0.05) is 23.7 Å². The molecular formula is C21H24N4OS. The minimum Gasteiger partial charge on any atom is -0.372 e. The fourth-order valence-corrected chi connectivity index (χ4v) is 4.37. The van der Waals surface area contributed by atoms with Crippen molar-refractivity contribution >= 4 is 33.5 Å². The van der Waals surface area contributed by atoms with E-state index in [1.807, 2.05) is 6.07 Å². The van der Waals surface area contributed by atoms with Crippen LogP contribution in [0.4, 0.5) is 5.69 Å². The Morgan fingerprint density at radius 1 is 1.15 bits per heavy atom. The highest BCUT2D eigenvalue weighted by atomic mass is 32.1. The lowest BCUT2D eigenvalue weighted by Gasteiger charge is -2.22. The summed E-state index contributed by atoms with van der Waals surface area (Å²) in [7, 11) is 0. The smallest absolute Gasteiger partial charge is 0.282 e. The molecule has 3 heterocycles. The number of thiophene rings is 1. The van der Waals surface area contributed by atoms with Crippen molar-refractivity contribution in [3.8, 4) is 0 Å². The average molecular weight is 381 g/mol. The Bertz CT molecular complexity index is 995. The van der Waals surface area contributed by atoms with Crippen molar-refractivity contribution in [2.45, 2.75) is 39.0 Å². The van der Waals surface area contributed by atoms with E-state index in [9.17, 15) is 4.79 Å². The molecule has 0 amide bonds. The van der Waals surface area contributed by atoms with Gasteiger partial charge in [-0.25, -0.2) is 4.98 Å². The molecular weight excluding hydrogens is 356 g/mol. The van der Waals surface area contributed by atoms with Crippen LogP contribution in [0, 0.1) is 0 Å². The molecule has 1 fully saturated rings. The van der Waals surface area contributed by atoms with Gasteiger partial charge in [-0.1, -0.05) is 31.9 Å². The second-order valence-electron chi connectivity index (χ2n) is 6.92. The molecule has 6 heteroatoms. The molecule has 5 nitrogen and oxygen atoms in total. The first-order chi connectivity index (χ1) is 13.2. The Morgan fingerprint density at radius 3 is 2.59 bits per heavy atom. The third kappa shape index (κ3) is 3.95. The number of rotatable bonds is 4. The number of aryl methyl sites for hydroxylation is 1. The van der Waals surface area contributed by atoms with Crippen LogP contribution in [-0.2, 0) is 6.42 Å². The fraction of sp³-hybridized carbons (Fsp3) is 0.381. The maximum atomic E-state index is 12.6. The Morgan fingerprint density at radius 2 is 1.89 bits per heavy atom. The summed E-state index contributed by atoms with van der Waals surface area (Å²) in [5.74, 6) is 0. The van der Waals surface area contributed by atoms with Crippen LogP contribution < -0.4 is 10.5 Å². The van der Waals surface area contributed by atoms with E-state index in [0.717, 1.165) is 29.9 Å². The maximum Gasteiger partial charge on any atom is 0.282 e. The Labute approximate surface area is 163 Å². The highest BCUT2D eigenvalue weighted by molar-refractivity contribution is 7.18. The van der Waals surface area contributed by atoms with Crippen LogP contribution in [0.5, 0.6) is 0 Å². The summed E-state index contributed by atoms with van der Waals surface area (Å²) in [6.45, 7) is 4.35. The molecule has 0 spiro atoms. The Hall–Kier alpha value is -2.47. The molecule has 1 aromatic carbocycles. The highest BCUT2D eigenvalue weighted by Gasteiger charge is 2.10. The van der Waals surface area contributed by atoms with Gasteiger partial charge in [-0.3, -0.25) is 4.79 Å². The lowest BCUT2D eigenvalue weighted by molar-refractivity contribution is 0.726. The van der Waals surface area contributed by atoms with Gasteiger partial charge in [-0.15, -0.1) is 11.3 Å². The Kier molecular flexibility index (Phi) is 5.34. The zero-order valence-corrected chi connectivity index (χ0v) is 16.4. The van der Waals surface area contributed by atoms with Gasteiger partial charge in [-0.2, -0.15) is 9.78 Å². The average Bonchev–Trinajstić information content (AvgIpc) is 2.94. The minimum atomic E-state index is -0.117. The predicted octanol–water partition coefficient (Wildman–Crippen LogP) is 4.28. The third-order valence-electron chi connectivity index (χ3n) is 5.03. The molecule has 1 aliphatic heterocycles. The van der Waals surface area contributed by atoms with E-state index in [0.29, 0.717) is 5.39 Å². The normalized spacial score (nSPS) is 15.5. The summed E-state index contributed by atoms with van der Waals surface area (Å²) in [6, 6.07) is 10.3. The predicted molar refractivity (Wildman–Crippen MR) is 113 cm³/mol. The van der Waals surface area contributed by atoms with Crippen LogP contribution in [0.25, 0.3) is 10.2 Å². The van der Waals surface area contributed by atoms with E-state index in [-0.39, 0.29) is 5.56 Å². The number of hydrogen-bond donors (Lipinski definition) is 0. The summed E-state index contributed by atoms with van der Waals surface area (Å²) in [6.07, 6.45) is 9.33. The van der Waals surface area contributed by atoms with Crippen LogP contribution in [0.1, 0.15) is 43.0 Å². The van der Waals surface area contributed by atoms with Gasteiger partial charge < -0.3 is 4.90 Å². The molecule has 3 aromatic rings. The topological polar surface area (TPSA) is 50.5 Å². The van der Waals surface area contributed by atoms with Crippen LogP contribution >= 0.6 is 11.3 Å². The van der Waals surface area contributed by atoms with Crippen molar-refractivity contribution in [3.05, 3.63) is 57.5 Å². The first-order valence-corrected chi connectivity index (χ1v) is 10.5. The maximum absolute atomic E-state index is 12.6. The third-order valence-corrected chi connectivity index (χ3v) is 6.22. The summed E-state index contributed by atoms with van der Waals surface area (Å²) in [5, 5.41) is 4.97. The second kappa shape index (κ2) is 8.05. The van der Waals surface area contributed by atoms with E-state index < -0.39 is 0 Å². The molecule has 1 aliphatic rings. The van der Waals surface area contributed by atoms with Crippen LogP contribution in [0.15, 0.2) is 46.6 Å². The highest BCUT2D eigenvalue weighted by Crippen LogP contribution is 2.21. The summed E-state index contributed by atoms with van der Waals surface area (Å²) < 4.78 is 1.32. The quantitative estimate of drug-likeness (QED) is 0.635. The lowest BCUT2D eigenvalue weighted by Crippen LogP contribution is -2.23. The zero-order chi connectivity index (χ0) is 18.6. The SMILES string of the molecule is CCc1cc2c(=O)n(/N=C\c3ccc(N4CCCCCC4)cc3)cnc2s1. The molecule has 27 heavy (non-hydrogen) atoms. The van der Waals surface area contributed by atoms with Gasteiger partial charge in [-0.05, 0) is 43.0 Å². The van der Waals surface area contributed by atoms with E-state index >= 15 is 0 Å².